The summed E-state index contributed by atoms with van der Waals surface area (Å²) in [6.45, 7) is 0. The molecule has 0 aromatic carbocycles. The van der Waals surface area contributed by atoms with Crippen LogP contribution in [0.25, 0.3) is 0 Å². The van der Waals surface area contributed by atoms with Crippen molar-refractivity contribution in [3.63, 3.8) is 0 Å². The van der Waals surface area contributed by atoms with Gasteiger partial charge in [0.1, 0.15) is 0 Å². The summed E-state index contributed by atoms with van der Waals surface area (Å²) in [6.07, 6.45) is 0. The molecule has 17 heteroatoms. The fraction of sp³-hybridized carbons (Fsp3) is 0. The predicted molar refractivity (Wildman–Crippen MR) is 52.1 cm³/mol. The summed E-state index contributed by atoms with van der Waals surface area (Å²) < 4.78 is 85.3. The smallest absolute Gasteiger partial charge is 0.210 e. The molecule has 10 nitrogen and oxygen atoms in total. The maximum absolute atomic E-state index is 8.53. The number of hydrogen-bond donors (Lipinski definition) is 0. The topological polar surface area (TPSA) is 201 Å². The van der Waals surface area contributed by atoms with Crippen LogP contribution in [0.3, 0.4) is 0 Å². The Labute approximate surface area is 162 Å². The summed E-state index contributed by atoms with van der Waals surface area (Å²) in [4.78, 5) is 0. The van der Waals surface area contributed by atoms with Crippen LogP contribution < -0.4 is 20.7 Å². The molecule has 98 valence electrons. The Morgan fingerprint density at radius 1 is 0.471 bits per heavy atom. The third-order valence-electron chi connectivity index (χ3n) is 0. The molecular weight excluding hydrogens is 644 g/mol. The minimum atomic E-state index is -2.19. The van der Waals surface area contributed by atoms with Gasteiger partial charge < -0.3 is 0 Å². The van der Waals surface area contributed by atoms with Gasteiger partial charge in [-0.3, -0.25) is 0 Å². The molecule has 0 bridgehead atoms. The Bertz CT molecular complexity index is 97.0. The van der Waals surface area contributed by atoms with E-state index >= 15 is 0 Å². The molecule has 0 saturated carbocycles. The first kappa shape index (κ1) is 42.7. The van der Waals surface area contributed by atoms with Crippen molar-refractivity contribution in [3.8, 4) is 0 Å². The summed E-state index contributed by atoms with van der Waals surface area (Å²) in [5.41, 5.74) is 0. The second-order valence-corrected chi connectivity index (χ2v) is 2.50. The third kappa shape index (κ3) is 1010. The standard InChI is InChI=1S/5GeHO2.H4S.Y/c5*2-1-3;;/h5*1H;1H4;/q5*-1;+2;+3. The number of rotatable bonds is 0. The molecule has 0 atom stereocenters. The zero-order valence-electron chi connectivity index (χ0n) is 8.25. The van der Waals surface area contributed by atoms with Gasteiger partial charge in [0.2, 0.25) is 0 Å². The van der Waals surface area contributed by atoms with Gasteiger partial charge in [-0.05, 0) is 0 Å². The maximum atomic E-state index is 8.53. The summed E-state index contributed by atoms with van der Waals surface area (Å²) in [6, 6.07) is 0. The van der Waals surface area contributed by atoms with Gasteiger partial charge in [0.15, 0.2) is 0 Å². The molecule has 0 saturated heterocycles. The fourth-order valence-corrected chi connectivity index (χ4v) is 0. The Balaban J connectivity index is -0.0000000143. The average molecular weight is 653 g/mol. The van der Waals surface area contributed by atoms with Crippen LogP contribution in [0.5, 0.6) is 0 Å². The van der Waals surface area contributed by atoms with E-state index in [-0.39, 0.29) is 46.2 Å². The second kappa shape index (κ2) is 104. The van der Waals surface area contributed by atoms with Gasteiger partial charge in [0, 0.05) is 0 Å². The molecule has 0 unspecified atom stereocenters. The van der Waals surface area contributed by atoms with Gasteiger partial charge in [-0.2, -0.15) is 0 Å². The quantitative estimate of drug-likeness (QED) is 0.226. The zero-order chi connectivity index (χ0) is 13.5. The van der Waals surface area contributed by atoms with Gasteiger partial charge in [-0.1, -0.05) is 0 Å². The minimum Gasteiger partial charge on any atom is -0.210 e. The van der Waals surface area contributed by atoms with Gasteiger partial charge >= 0.3 is 151 Å². The first-order chi connectivity index (χ1) is 7.07. The van der Waals surface area contributed by atoms with E-state index < -0.39 is 78.5 Å². The van der Waals surface area contributed by atoms with Crippen molar-refractivity contribution >= 4 is 92.0 Å². The van der Waals surface area contributed by atoms with Crippen LogP contribution in [0.2, 0.25) is 0 Å². The predicted octanol–water partition coefficient (Wildman–Crippen LogP) is -10.9. The third-order valence-corrected chi connectivity index (χ3v) is 0. The molecule has 0 fully saturated rings. The average Bonchev–Trinajstić information content (AvgIpc) is 2.09. The molecule has 0 heterocycles. The van der Waals surface area contributed by atoms with Crippen molar-refractivity contribution < 1.29 is 72.3 Å². The van der Waals surface area contributed by atoms with Gasteiger partial charge in [-0.25, -0.2) is 13.5 Å². The Hall–Kier alpha value is 2.17. The van der Waals surface area contributed by atoms with E-state index in [4.69, 9.17) is 39.6 Å². The Kier molecular flexibility index (Phi) is 262. The molecule has 0 radical (unpaired) electrons. The zero-order valence-corrected chi connectivity index (χ0v) is 24.6. The van der Waals surface area contributed by atoms with E-state index in [1.54, 1.807) is 0 Å². The maximum Gasteiger partial charge on any atom is 3.00 e. The van der Waals surface area contributed by atoms with Crippen LogP contribution in [0.4, 0.5) is 0 Å². The molecule has 0 aliphatic rings. The van der Waals surface area contributed by atoms with E-state index in [1.807, 2.05) is 0 Å². The van der Waals surface area contributed by atoms with Crippen LogP contribution in [0.15, 0.2) is 0 Å². The van der Waals surface area contributed by atoms with Crippen LogP contribution in [0, 0.1) is 0 Å². The van der Waals surface area contributed by atoms with Crippen LogP contribution in [0.1, 0.15) is 0 Å². The molecule has 0 aromatic heterocycles. The summed E-state index contributed by atoms with van der Waals surface area (Å²) >= 11 is -10.9. The van der Waals surface area contributed by atoms with E-state index in [0.29, 0.717) is 0 Å². The molecule has 0 aromatic rings. The monoisotopic (exact) mass is 660 g/mol. The van der Waals surface area contributed by atoms with Crippen molar-refractivity contribution in [2.75, 3.05) is 0 Å². The van der Waals surface area contributed by atoms with Crippen molar-refractivity contribution in [1.82, 2.24) is 0 Å². The largest absolute Gasteiger partial charge is 3.00 e. The first-order valence-electron chi connectivity index (χ1n) is 2.36. The minimum absolute atomic E-state index is 0. The van der Waals surface area contributed by atoms with Crippen LogP contribution in [-0.4, -0.2) is 78.5 Å². The molecule has 0 rings (SSSR count). The molecule has 0 aliphatic carbocycles. The van der Waals surface area contributed by atoms with E-state index in [9.17, 15) is 0 Å². The van der Waals surface area contributed by atoms with Crippen LogP contribution in [-0.2, 0) is 65.1 Å². The Morgan fingerprint density at radius 3 is 0.471 bits per heavy atom. The molecule has 17 heavy (non-hydrogen) atoms. The normalized spacial score (nSPS) is 3.53. The molecule has 0 N–H and O–H groups in total. The van der Waals surface area contributed by atoms with E-state index in [1.165, 1.54) is 0 Å². The molecular formula is H9Ge5O10SY. The first-order valence-corrected chi connectivity index (χ1v) is 12.2. The number of hydrogen-bond acceptors (Lipinski definition) is 10. The molecule has 0 aliphatic heterocycles. The SMILES string of the molecule is [O]=[GeH][O-].[O]=[GeH][O-].[O]=[GeH][O-].[O]=[GeH][O-].[O]=[GeH][O-].[SH4+2].[Y+3]. The second-order valence-electron chi connectivity index (χ2n) is 0.481. The van der Waals surface area contributed by atoms with Crippen molar-refractivity contribution in [3.05, 3.63) is 0 Å². The Morgan fingerprint density at radius 2 is 0.471 bits per heavy atom. The van der Waals surface area contributed by atoms with Gasteiger partial charge in [-0.15, -0.1) is 0 Å². The van der Waals surface area contributed by atoms with Gasteiger partial charge in [0.25, 0.3) is 0 Å². The summed E-state index contributed by atoms with van der Waals surface area (Å²) in [7, 11) is 0. The van der Waals surface area contributed by atoms with E-state index in [0.717, 1.165) is 0 Å². The summed E-state index contributed by atoms with van der Waals surface area (Å²) in [5, 5.41) is 0. The molecule has 0 amide bonds. The summed E-state index contributed by atoms with van der Waals surface area (Å²) in [5.74, 6) is 0. The fourth-order valence-electron chi connectivity index (χ4n) is 0. The van der Waals surface area contributed by atoms with E-state index in [2.05, 4.69) is 0 Å². The van der Waals surface area contributed by atoms with Crippen molar-refractivity contribution in [1.29, 1.82) is 0 Å². The van der Waals surface area contributed by atoms with Crippen molar-refractivity contribution in [2.45, 2.75) is 0 Å². The molecule has 0 spiro atoms. The van der Waals surface area contributed by atoms with Crippen LogP contribution >= 0.6 is 0 Å². The van der Waals surface area contributed by atoms with Crippen molar-refractivity contribution in [2.24, 2.45) is 0 Å². The van der Waals surface area contributed by atoms with Gasteiger partial charge in [0.05, 0.1) is 0 Å².